The largest absolute Gasteiger partial charge is 0.337 e. The summed E-state index contributed by atoms with van der Waals surface area (Å²) in [5, 5.41) is 2.03. The SMILES string of the molecule is CCc1ccsc1C(=O)N1CCCN(Cc2nccn2CC)CC1. The smallest absolute Gasteiger partial charge is 0.264 e. The standard InChI is InChI=1S/C18H26N4OS/c1-3-15-6-13-24-17(15)18(23)22-9-5-8-20(11-12-22)14-16-19-7-10-21(16)4-2/h6-7,10,13H,3-5,8-9,11-12,14H2,1-2H3. The van der Waals surface area contributed by atoms with Gasteiger partial charge in [0.25, 0.3) is 5.91 Å². The second-order valence-electron chi connectivity index (χ2n) is 6.18. The summed E-state index contributed by atoms with van der Waals surface area (Å²) < 4.78 is 2.19. The van der Waals surface area contributed by atoms with E-state index in [0.29, 0.717) is 0 Å². The van der Waals surface area contributed by atoms with E-state index in [0.717, 1.165) is 62.8 Å². The van der Waals surface area contributed by atoms with Gasteiger partial charge < -0.3 is 9.47 Å². The number of carbonyl (C=O) groups excluding carboxylic acids is 1. The van der Waals surface area contributed by atoms with Crippen LogP contribution in [0.1, 0.15) is 41.3 Å². The minimum absolute atomic E-state index is 0.207. The first-order valence-electron chi connectivity index (χ1n) is 8.81. The lowest BCUT2D eigenvalue weighted by Gasteiger charge is -2.22. The molecule has 6 heteroatoms. The lowest BCUT2D eigenvalue weighted by Crippen LogP contribution is -2.35. The number of thiophene rings is 1. The fraction of sp³-hybridized carbons (Fsp3) is 0.556. The summed E-state index contributed by atoms with van der Waals surface area (Å²) in [4.78, 5) is 22.7. The topological polar surface area (TPSA) is 41.4 Å². The van der Waals surface area contributed by atoms with Gasteiger partial charge in [0.05, 0.1) is 11.4 Å². The molecule has 0 bridgehead atoms. The molecule has 5 nitrogen and oxygen atoms in total. The quantitative estimate of drug-likeness (QED) is 0.836. The van der Waals surface area contributed by atoms with E-state index < -0.39 is 0 Å². The van der Waals surface area contributed by atoms with Crippen molar-refractivity contribution in [3.8, 4) is 0 Å². The lowest BCUT2D eigenvalue weighted by atomic mass is 10.2. The molecule has 1 aliphatic heterocycles. The minimum Gasteiger partial charge on any atom is -0.337 e. The van der Waals surface area contributed by atoms with E-state index in [1.807, 2.05) is 22.7 Å². The highest BCUT2D eigenvalue weighted by atomic mass is 32.1. The molecule has 0 N–H and O–H groups in total. The first kappa shape index (κ1) is 17.2. The normalized spacial score (nSPS) is 16.3. The van der Waals surface area contributed by atoms with E-state index in [1.165, 1.54) is 5.56 Å². The zero-order chi connectivity index (χ0) is 16.9. The second-order valence-corrected chi connectivity index (χ2v) is 7.10. The Labute approximate surface area is 147 Å². The number of imidazole rings is 1. The zero-order valence-electron chi connectivity index (χ0n) is 14.6. The molecule has 2 aromatic heterocycles. The maximum absolute atomic E-state index is 12.8. The number of aryl methyl sites for hydroxylation is 2. The Morgan fingerprint density at radius 3 is 2.92 bits per heavy atom. The Bertz CT molecular complexity index is 678. The van der Waals surface area contributed by atoms with Crippen LogP contribution in [-0.2, 0) is 19.5 Å². The van der Waals surface area contributed by atoms with Crippen molar-refractivity contribution in [1.82, 2.24) is 19.4 Å². The maximum atomic E-state index is 12.8. The molecule has 130 valence electrons. The van der Waals surface area contributed by atoms with Gasteiger partial charge in [-0.05, 0) is 36.8 Å². The fourth-order valence-corrected chi connectivity index (χ4v) is 4.22. The molecule has 1 fully saturated rings. The van der Waals surface area contributed by atoms with Gasteiger partial charge in [-0.2, -0.15) is 0 Å². The summed E-state index contributed by atoms with van der Waals surface area (Å²) in [5.74, 6) is 1.32. The molecule has 0 aliphatic carbocycles. The second kappa shape index (κ2) is 7.94. The Morgan fingerprint density at radius 2 is 2.12 bits per heavy atom. The molecule has 0 unspecified atom stereocenters. The molecule has 0 saturated carbocycles. The predicted molar refractivity (Wildman–Crippen MR) is 97.4 cm³/mol. The van der Waals surface area contributed by atoms with Crippen molar-refractivity contribution in [2.45, 2.75) is 39.8 Å². The van der Waals surface area contributed by atoms with Crippen LogP contribution in [-0.4, -0.2) is 51.4 Å². The number of hydrogen-bond acceptors (Lipinski definition) is 4. The van der Waals surface area contributed by atoms with Crippen LogP contribution in [0, 0.1) is 0 Å². The molecular weight excluding hydrogens is 320 g/mol. The Morgan fingerprint density at radius 1 is 1.25 bits per heavy atom. The van der Waals surface area contributed by atoms with Crippen LogP contribution in [0.3, 0.4) is 0 Å². The summed E-state index contributed by atoms with van der Waals surface area (Å²) in [5.41, 5.74) is 1.18. The summed E-state index contributed by atoms with van der Waals surface area (Å²) in [6, 6.07) is 2.08. The van der Waals surface area contributed by atoms with Gasteiger partial charge in [0.15, 0.2) is 0 Å². The number of aromatic nitrogens is 2. The fourth-order valence-electron chi connectivity index (χ4n) is 3.26. The minimum atomic E-state index is 0.207. The van der Waals surface area contributed by atoms with E-state index in [4.69, 9.17) is 0 Å². The van der Waals surface area contributed by atoms with Crippen LogP contribution in [0.2, 0.25) is 0 Å². The summed E-state index contributed by atoms with van der Waals surface area (Å²) in [6.07, 6.45) is 5.84. The van der Waals surface area contributed by atoms with Crippen LogP contribution in [0.15, 0.2) is 23.8 Å². The number of amides is 1. The zero-order valence-corrected chi connectivity index (χ0v) is 15.4. The van der Waals surface area contributed by atoms with Gasteiger partial charge in [-0.3, -0.25) is 9.69 Å². The van der Waals surface area contributed by atoms with Gasteiger partial charge in [0.1, 0.15) is 5.82 Å². The molecule has 1 saturated heterocycles. The Kier molecular flexibility index (Phi) is 5.68. The van der Waals surface area contributed by atoms with Gasteiger partial charge in [-0.25, -0.2) is 4.98 Å². The third kappa shape index (κ3) is 3.70. The van der Waals surface area contributed by atoms with Crippen LogP contribution in [0.25, 0.3) is 0 Å². The number of carbonyl (C=O) groups is 1. The number of rotatable bonds is 5. The maximum Gasteiger partial charge on any atom is 0.264 e. The Balaban J connectivity index is 1.62. The summed E-state index contributed by atoms with van der Waals surface area (Å²) >= 11 is 1.57. The summed E-state index contributed by atoms with van der Waals surface area (Å²) in [6.45, 7) is 9.64. The molecule has 0 aromatic carbocycles. The van der Waals surface area contributed by atoms with Crippen LogP contribution in [0.4, 0.5) is 0 Å². The average molecular weight is 347 g/mol. The average Bonchev–Trinajstić information content (AvgIpc) is 3.19. The van der Waals surface area contributed by atoms with E-state index in [9.17, 15) is 4.79 Å². The number of hydrogen-bond donors (Lipinski definition) is 0. The van der Waals surface area contributed by atoms with E-state index in [-0.39, 0.29) is 5.91 Å². The van der Waals surface area contributed by atoms with E-state index >= 15 is 0 Å². The van der Waals surface area contributed by atoms with E-state index in [2.05, 4.69) is 34.4 Å². The van der Waals surface area contributed by atoms with Crippen LogP contribution >= 0.6 is 11.3 Å². The first-order chi connectivity index (χ1) is 11.7. The predicted octanol–water partition coefficient (Wildman–Crippen LogP) is 2.88. The van der Waals surface area contributed by atoms with Crippen molar-refractivity contribution >= 4 is 17.2 Å². The van der Waals surface area contributed by atoms with Crippen LogP contribution in [0.5, 0.6) is 0 Å². The first-order valence-corrected chi connectivity index (χ1v) is 9.68. The molecule has 3 rings (SSSR count). The van der Waals surface area contributed by atoms with Crippen molar-refractivity contribution < 1.29 is 4.79 Å². The van der Waals surface area contributed by atoms with Crippen molar-refractivity contribution in [3.63, 3.8) is 0 Å². The highest BCUT2D eigenvalue weighted by Crippen LogP contribution is 2.20. The number of nitrogens with zero attached hydrogens (tertiary/aromatic N) is 4. The summed E-state index contributed by atoms with van der Waals surface area (Å²) in [7, 11) is 0. The molecule has 0 spiro atoms. The van der Waals surface area contributed by atoms with Crippen LogP contribution < -0.4 is 0 Å². The molecule has 2 aromatic rings. The monoisotopic (exact) mass is 346 g/mol. The van der Waals surface area contributed by atoms with E-state index in [1.54, 1.807) is 11.3 Å². The third-order valence-corrected chi connectivity index (χ3v) is 5.65. The van der Waals surface area contributed by atoms with Crippen molar-refractivity contribution in [2.24, 2.45) is 0 Å². The molecule has 24 heavy (non-hydrogen) atoms. The molecular formula is C18H26N4OS. The highest BCUT2D eigenvalue weighted by molar-refractivity contribution is 7.12. The molecule has 3 heterocycles. The van der Waals surface area contributed by atoms with Gasteiger partial charge in [0, 0.05) is 45.1 Å². The third-order valence-electron chi connectivity index (χ3n) is 4.71. The van der Waals surface area contributed by atoms with Gasteiger partial charge in [-0.1, -0.05) is 6.92 Å². The molecule has 0 radical (unpaired) electrons. The van der Waals surface area contributed by atoms with Crippen molar-refractivity contribution in [1.29, 1.82) is 0 Å². The molecule has 1 amide bonds. The Hall–Kier alpha value is -1.66. The van der Waals surface area contributed by atoms with Gasteiger partial charge in [-0.15, -0.1) is 11.3 Å². The lowest BCUT2D eigenvalue weighted by molar-refractivity contribution is 0.0765. The molecule has 1 aliphatic rings. The van der Waals surface area contributed by atoms with Crippen molar-refractivity contribution in [3.05, 3.63) is 40.1 Å². The highest BCUT2D eigenvalue weighted by Gasteiger charge is 2.23. The van der Waals surface area contributed by atoms with Gasteiger partial charge in [0.2, 0.25) is 0 Å². The molecule has 0 atom stereocenters. The van der Waals surface area contributed by atoms with Crippen molar-refractivity contribution in [2.75, 3.05) is 26.2 Å². The van der Waals surface area contributed by atoms with Gasteiger partial charge >= 0.3 is 0 Å².